The minimum atomic E-state index is -0.382. The topological polar surface area (TPSA) is 90.7 Å². The Morgan fingerprint density at radius 3 is 2.64 bits per heavy atom. The number of carbonyl (C=O) groups is 2. The van der Waals surface area contributed by atoms with E-state index in [4.69, 9.17) is 13.9 Å². The van der Waals surface area contributed by atoms with Crippen molar-refractivity contribution in [1.29, 1.82) is 0 Å². The predicted octanol–water partition coefficient (Wildman–Crippen LogP) is 4.72. The lowest BCUT2D eigenvalue weighted by Gasteiger charge is -2.12. The fourth-order valence-corrected chi connectivity index (χ4v) is 4.36. The van der Waals surface area contributed by atoms with E-state index in [9.17, 15) is 9.59 Å². The Bertz CT molecular complexity index is 1100. The molecular formula is C25H26N2O5S. The molecule has 2 heterocycles. The van der Waals surface area contributed by atoms with Crippen molar-refractivity contribution in [2.45, 2.75) is 44.8 Å². The van der Waals surface area contributed by atoms with Crippen molar-refractivity contribution in [3.05, 3.63) is 77.5 Å². The van der Waals surface area contributed by atoms with Crippen LogP contribution >= 0.6 is 11.8 Å². The number of benzene rings is 2. The Morgan fingerprint density at radius 2 is 1.88 bits per heavy atom. The molecule has 1 unspecified atom stereocenters. The van der Waals surface area contributed by atoms with Gasteiger partial charge in [-0.15, -0.1) is 0 Å². The van der Waals surface area contributed by atoms with Gasteiger partial charge >= 0.3 is 0 Å². The molecule has 8 heteroatoms. The second kappa shape index (κ2) is 11.0. The molecule has 7 nitrogen and oxygen atoms in total. The molecule has 0 saturated carbocycles. The molecule has 1 aliphatic rings. The second-order valence-electron chi connectivity index (χ2n) is 7.79. The van der Waals surface area contributed by atoms with Gasteiger partial charge in [0.05, 0.1) is 13.2 Å². The molecule has 4 rings (SSSR count). The van der Waals surface area contributed by atoms with Crippen LogP contribution in [0.5, 0.6) is 11.5 Å². The molecule has 0 radical (unpaired) electrons. The highest BCUT2D eigenvalue weighted by Gasteiger charge is 2.30. The zero-order valence-electron chi connectivity index (χ0n) is 18.4. The maximum absolute atomic E-state index is 11.7. The van der Waals surface area contributed by atoms with Gasteiger partial charge in [0.25, 0.3) is 5.24 Å². The van der Waals surface area contributed by atoms with E-state index >= 15 is 0 Å². The van der Waals surface area contributed by atoms with Gasteiger partial charge in [0, 0.05) is 18.2 Å². The maximum atomic E-state index is 11.7. The van der Waals surface area contributed by atoms with Gasteiger partial charge in [-0.05, 0) is 48.9 Å². The van der Waals surface area contributed by atoms with Gasteiger partial charge < -0.3 is 19.2 Å². The van der Waals surface area contributed by atoms with Crippen LogP contribution in [0.3, 0.4) is 0 Å². The Hall–Kier alpha value is -3.26. The summed E-state index contributed by atoms with van der Waals surface area (Å²) in [5.74, 6) is 1.96. The fraction of sp³-hybridized carbons (Fsp3) is 0.320. The zero-order valence-corrected chi connectivity index (χ0v) is 19.2. The number of nitrogens with one attached hydrogen (secondary N) is 1. The smallest absolute Gasteiger partial charge is 0.287 e. The van der Waals surface area contributed by atoms with Crippen molar-refractivity contribution in [2.24, 2.45) is 0 Å². The van der Waals surface area contributed by atoms with E-state index in [1.807, 2.05) is 36.4 Å². The van der Waals surface area contributed by atoms with E-state index in [1.54, 1.807) is 13.4 Å². The Labute approximate surface area is 196 Å². The average Bonchev–Trinajstić information content (AvgIpc) is 3.42. The summed E-state index contributed by atoms with van der Waals surface area (Å²) < 4.78 is 17.0. The molecule has 1 N–H and O–H groups in total. The number of ether oxygens (including phenoxy) is 2. The highest BCUT2D eigenvalue weighted by Crippen LogP contribution is 2.30. The summed E-state index contributed by atoms with van der Waals surface area (Å²) in [5.41, 5.74) is 3.05. The molecule has 3 aromatic rings. The molecule has 1 saturated heterocycles. The summed E-state index contributed by atoms with van der Waals surface area (Å²) in [6.07, 6.45) is 5.41. The van der Waals surface area contributed by atoms with Crippen LogP contribution in [0.2, 0.25) is 0 Å². The molecule has 172 valence electrons. The van der Waals surface area contributed by atoms with Crippen LogP contribution in [0, 0.1) is 0 Å². The Morgan fingerprint density at radius 1 is 1.03 bits per heavy atom. The second-order valence-corrected chi connectivity index (χ2v) is 8.77. The first-order valence-corrected chi connectivity index (χ1v) is 11.7. The van der Waals surface area contributed by atoms with Gasteiger partial charge in [-0.25, -0.2) is 4.98 Å². The van der Waals surface area contributed by atoms with Crippen LogP contribution in [0.15, 0.2) is 59.2 Å². The summed E-state index contributed by atoms with van der Waals surface area (Å²) >= 11 is 0.752. The third-order valence-corrected chi connectivity index (χ3v) is 6.19. The van der Waals surface area contributed by atoms with Gasteiger partial charge in [0.1, 0.15) is 18.6 Å². The first-order chi connectivity index (χ1) is 16.1. The van der Waals surface area contributed by atoms with Gasteiger partial charge in [0.15, 0.2) is 17.4 Å². The summed E-state index contributed by atoms with van der Waals surface area (Å²) in [4.78, 5) is 27.5. The molecule has 0 bridgehead atoms. The van der Waals surface area contributed by atoms with Crippen LogP contribution in [0.1, 0.15) is 35.6 Å². The van der Waals surface area contributed by atoms with Crippen LogP contribution in [0.25, 0.3) is 0 Å². The number of methoxy groups -OCH3 is 1. The number of nitrogens with zero attached hydrogens (tertiary/aromatic N) is 1. The van der Waals surface area contributed by atoms with E-state index < -0.39 is 0 Å². The molecule has 0 spiro atoms. The van der Waals surface area contributed by atoms with Crippen LogP contribution in [-0.4, -0.2) is 28.5 Å². The number of amides is 1. The number of rotatable bonds is 11. The maximum Gasteiger partial charge on any atom is 0.287 e. The SMILES string of the molecule is COc1cc(CCCC2NC(=O)SC2=O)ccc1OCc1coc(CCc2ccccc2)n1. The van der Waals surface area contributed by atoms with E-state index in [0.29, 0.717) is 23.8 Å². The van der Waals surface area contributed by atoms with Gasteiger partial charge in [-0.2, -0.15) is 0 Å². The van der Waals surface area contributed by atoms with Crippen molar-refractivity contribution >= 4 is 22.1 Å². The van der Waals surface area contributed by atoms with E-state index in [-0.39, 0.29) is 23.0 Å². The Kier molecular flexibility index (Phi) is 7.67. The molecule has 1 fully saturated rings. The molecule has 1 aliphatic heterocycles. The first kappa shape index (κ1) is 22.9. The lowest BCUT2D eigenvalue weighted by Crippen LogP contribution is -2.28. The van der Waals surface area contributed by atoms with Gasteiger partial charge in [0.2, 0.25) is 5.12 Å². The molecule has 2 aromatic carbocycles. The molecule has 1 amide bonds. The number of aryl methyl sites for hydroxylation is 3. The minimum absolute atomic E-state index is 0.0996. The van der Waals surface area contributed by atoms with Crippen LogP contribution < -0.4 is 14.8 Å². The summed E-state index contributed by atoms with van der Waals surface area (Å²) in [6.45, 7) is 0.283. The van der Waals surface area contributed by atoms with Crippen LogP contribution in [0.4, 0.5) is 4.79 Å². The zero-order chi connectivity index (χ0) is 23.0. The lowest BCUT2D eigenvalue weighted by atomic mass is 10.0. The van der Waals surface area contributed by atoms with E-state index in [0.717, 1.165) is 48.7 Å². The van der Waals surface area contributed by atoms with Crippen molar-refractivity contribution in [2.75, 3.05) is 7.11 Å². The summed E-state index contributed by atoms with van der Waals surface area (Å²) in [7, 11) is 1.60. The highest BCUT2D eigenvalue weighted by atomic mass is 32.2. The Balaban J connectivity index is 1.26. The highest BCUT2D eigenvalue weighted by molar-refractivity contribution is 8.26. The van der Waals surface area contributed by atoms with Gasteiger partial charge in [-0.1, -0.05) is 36.4 Å². The normalized spacial score (nSPS) is 15.5. The number of oxazole rings is 1. The molecule has 1 aromatic heterocycles. The largest absolute Gasteiger partial charge is 0.493 e. The van der Waals surface area contributed by atoms with Crippen molar-refractivity contribution in [1.82, 2.24) is 10.3 Å². The van der Waals surface area contributed by atoms with Crippen LogP contribution in [-0.2, 0) is 30.7 Å². The predicted molar refractivity (Wildman–Crippen MR) is 126 cm³/mol. The van der Waals surface area contributed by atoms with Gasteiger partial charge in [-0.3, -0.25) is 9.59 Å². The van der Waals surface area contributed by atoms with E-state index in [1.165, 1.54) is 5.56 Å². The molecule has 1 atom stereocenters. The molecule has 33 heavy (non-hydrogen) atoms. The number of aromatic nitrogens is 1. The monoisotopic (exact) mass is 466 g/mol. The first-order valence-electron chi connectivity index (χ1n) is 10.9. The number of carbonyl (C=O) groups excluding carboxylic acids is 2. The number of hydrogen-bond acceptors (Lipinski definition) is 7. The molecule has 0 aliphatic carbocycles. The van der Waals surface area contributed by atoms with Crippen molar-refractivity contribution < 1.29 is 23.5 Å². The number of thioether (sulfide) groups is 1. The minimum Gasteiger partial charge on any atom is -0.493 e. The van der Waals surface area contributed by atoms with Crippen molar-refractivity contribution in [3.63, 3.8) is 0 Å². The third-order valence-electron chi connectivity index (χ3n) is 5.40. The standard InChI is InChI=1S/C25H26N2O5S/c1-30-22-14-18(8-5-9-20-24(28)33-25(29)27-20)10-12-21(22)31-15-19-16-32-23(26-19)13-11-17-6-3-2-4-7-17/h2-4,6-7,10,12,14,16,20H,5,8-9,11,13,15H2,1H3,(H,27,29). The average molecular weight is 467 g/mol. The van der Waals surface area contributed by atoms with E-state index in [2.05, 4.69) is 22.4 Å². The number of hydrogen-bond donors (Lipinski definition) is 1. The van der Waals surface area contributed by atoms with Crippen molar-refractivity contribution in [3.8, 4) is 11.5 Å². The third kappa shape index (κ3) is 6.38. The fourth-order valence-electron chi connectivity index (χ4n) is 3.66. The summed E-state index contributed by atoms with van der Waals surface area (Å²) in [5, 5.41) is 2.33. The molecular weight excluding hydrogens is 440 g/mol. The summed E-state index contributed by atoms with van der Waals surface area (Å²) in [6, 6.07) is 15.7. The lowest BCUT2D eigenvalue weighted by molar-refractivity contribution is -0.112. The quantitative estimate of drug-likeness (QED) is 0.437.